The van der Waals surface area contributed by atoms with Crippen molar-refractivity contribution in [3.63, 3.8) is 0 Å². The lowest BCUT2D eigenvalue weighted by Crippen LogP contribution is -2.38. The van der Waals surface area contributed by atoms with Gasteiger partial charge in [-0.3, -0.25) is 4.79 Å². The third kappa shape index (κ3) is 3.71. The van der Waals surface area contributed by atoms with Gasteiger partial charge in [-0.25, -0.2) is 0 Å². The van der Waals surface area contributed by atoms with Gasteiger partial charge in [0.2, 0.25) is 0 Å². The molecule has 1 aromatic carbocycles. The number of nitrogens with two attached hydrogens (primary N) is 1. The summed E-state index contributed by atoms with van der Waals surface area (Å²) in [7, 11) is 1.35. The Bertz CT molecular complexity index is 499. The molecule has 0 bridgehead atoms. The highest BCUT2D eigenvalue weighted by Gasteiger charge is 2.34. The molecule has 0 fully saturated rings. The van der Waals surface area contributed by atoms with E-state index in [-0.39, 0.29) is 17.8 Å². The number of ether oxygens (including phenoxy) is 1. The minimum atomic E-state index is -4.52. The van der Waals surface area contributed by atoms with Crippen LogP contribution in [0.1, 0.15) is 25.0 Å². The van der Waals surface area contributed by atoms with E-state index in [0.29, 0.717) is 0 Å². The van der Waals surface area contributed by atoms with Crippen molar-refractivity contribution in [2.45, 2.75) is 32.2 Å². The number of benzene rings is 1. The van der Waals surface area contributed by atoms with Crippen molar-refractivity contribution in [3.05, 3.63) is 29.3 Å². The first-order valence-corrected chi connectivity index (χ1v) is 5.88. The lowest BCUT2D eigenvalue weighted by molar-refractivity contribution is -0.138. The summed E-state index contributed by atoms with van der Waals surface area (Å²) in [5.74, 6) is -0.534. The second-order valence-electron chi connectivity index (χ2n) is 4.74. The first kappa shape index (κ1) is 16.5. The van der Waals surface area contributed by atoms with Crippen LogP contribution in [0, 0.1) is 0 Å². The van der Waals surface area contributed by atoms with Gasteiger partial charge >= 0.3 is 6.18 Å². The number of carbonyl (C=O) groups excluding carboxylic acids is 1. The number of carbonyl (C=O) groups is 1. The molecule has 0 radical (unpaired) electrons. The minimum Gasteiger partial charge on any atom is -0.369 e. The summed E-state index contributed by atoms with van der Waals surface area (Å²) >= 11 is 0. The molecule has 0 aliphatic rings. The molecule has 0 spiro atoms. The minimum absolute atomic E-state index is 0.0264. The van der Waals surface area contributed by atoms with Crippen molar-refractivity contribution < 1.29 is 22.7 Å². The normalized spacial score (nSPS) is 12.3. The van der Waals surface area contributed by atoms with Crippen molar-refractivity contribution in [2.75, 3.05) is 12.4 Å². The largest absolute Gasteiger partial charge is 0.416 e. The maximum absolute atomic E-state index is 12.9. The Kier molecular flexibility index (Phi) is 4.77. The first-order valence-electron chi connectivity index (χ1n) is 5.88. The van der Waals surface area contributed by atoms with Crippen molar-refractivity contribution in [1.82, 2.24) is 0 Å². The molecule has 0 aliphatic heterocycles. The highest BCUT2D eigenvalue weighted by atomic mass is 19.4. The standard InChI is InChI=1S/C13H17F3N2O2/c1-12(2,20-3)11(19)18-9-5-4-8(7-17)10(6-9)13(14,15)16/h4-6H,7,17H2,1-3H3,(H,18,19). The van der Waals surface area contributed by atoms with Crippen molar-refractivity contribution in [3.8, 4) is 0 Å². The van der Waals surface area contributed by atoms with E-state index in [1.807, 2.05) is 0 Å². The molecule has 0 aliphatic carbocycles. The van der Waals surface area contributed by atoms with Crippen LogP contribution >= 0.6 is 0 Å². The number of hydrogen-bond donors (Lipinski definition) is 2. The topological polar surface area (TPSA) is 64.3 Å². The molecular weight excluding hydrogens is 273 g/mol. The van der Waals surface area contributed by atoms with E-state index in [4.69, 9.17) is 10.5 Å². The van der Waals surface area contributed by atoms with Crippen molar-refractivity contribution in [2.24, 2.45) is 5.73 Å². The SMILES string of the molecule is COC(C)(C)C(=O)Nc1ccc(CN)c(C(F)(F)F)c1. The molecule has 7 heteroatoms. The zero-order chi connectivity index (χ0) is 15.6. The predicted octanol–water partition coefficient (Wildman–Crippen LogP) is 2.53. The van der Waals surface area contributed by atoms with E-state index in [0.717, 1.165) is 6.07 Å². The third-order valence-electron chi connectivity index (χ3n) is 2.95. The Hall–Kier alpha value is -1.60. The van der Waals surface area contributed by atoms with E-state index in [1.54, 1.807) is 0 Å². The summed E-state index contributed by atoms with van der Waals surface area (Å²) in [4.78, 5) is 11.8. The number of alkyl halides is 3. The van der Waals surface area contributed by atoms with E-state index in [2.05, 4.69) is 5.32 Å². The Balaban J connectivity index is 3.08. The fraction of sp³-hybridized carbons (Fsp3) is 0.462. The van der Waals surface area contributed by atoms with Gasteiger partial charge in [0, 0.05) is 19.3 Å². The molecule has 0 atom stereocenters. The van der Waals surface area contributed by atoms with Crippen LogP contribution in [0.15, 0.2) is 18.2 Å². The van der Waals surface area contributed by atoms with E-state index < -0.39 is 23.2 Å². The van der Waals surface area contributed by atoms with Crippen LogP contribution in [0.3, 0.4) is 0 Å². The molecule has 0 aromatic heterocycles. The van der Waals surface area contributed by atoms with E-state index in [1.165, 1.54) is 33.1 Å². The number of nitrogens with one attached hydrogen (secondary N) is 1. The number of amides is 1. The highest BCUT2D eigenvalue weighted by Crippen LogP contribution is 2.33. The molecule has 20 heavy (non-hydrogen) atoms. The van der Waals surface area contributed by atoms with Gasteiger partial charge in [0.05, 0.1) is 5.56 Å². The fourth-order valence-electron chi connectivity index (χ4n) is 1.47. The maximum Gasteiger partial charge on any atom is 0.416 e. The summed E-state index contributed by atoms with van der Waals surface area (Å²) in [6.07, 6.45) is -4.52. The highest BCUT2D eigenvalue weighted by molar-refractivity contribution is 5.96. The molecular formula is C13H17F3N2O2. The van der Waals surface area contributed by atoms with Crippen LogP contribution in [0.4, 0.5) is 18.9 Å². The average molecular weight is 290 g/mol. The van der Waals surface area contributed by atoms with Gasteiger partial charge < -0.3 is 15.8 Å². The summed E-state index contributed by atoms with van der Waals surface area (Å²) in [6.45, 7) is 2.80. The van der Waals surface area contributed by atoms with Crippen molar-refractivity contribution >= 4 is 11.6 Å². The predicted molar refractivity (Wildman–Crippen MR) is 69.1 cm³/mol. The number of hydrogen-bond acceptors (Lipinski definition) is 3. The quantitative estimate of drug-likeness (QED) is 0.895. The van der Waals surface area contributed by atoms with Crippen LogP contribution in [0.2, 0.25) is 0 Å². The second-order valence-corrected chi connectivity index (χ2v) is 4.74. The van der Waals surface area contributed by atoms with E-state index in [9.17, 15) is 18.0 Å². The Morgan fingerprint density at radius 3 is 2.40 bits per heavy atom. The summed E-state index contributed by atoms with van der Waals surface area (Å²) in [5, 5.41) is 2.39. The molecule has 3 N–H and O–H groups in total. The van der Waals surface area contributed by atoms with Crippen molar-refractivity contribution in [1.29, 1.82) is 0 Å². The average Bonchev–Trinajstić information content (AvgIpc) is 2.37. The third-order valence-corrected chi connectivity index (χ3v) is 2.95. The zero-order valence-electron chi connectivity index (χ0n) is 11.5. The van der Waals surface area contributed by atoms with Crippen LogP contribution < -0.4 is 11.1 Å². The molecule has 0 unspecified atom stereocenters. The fourth-order valence-corrected chi connectivity index (χ4v) is 1.47. The van der Waals surface area contributed by atoms with Crippen LogP contribution in [-0.2, 0) is 22.3 Å². The maximum atomic E-state index is 12.9. The van der Waals surface area contributed by atoms with Crippen LogP contribution in [-0.4, -0.2) is 18.6 Å². The molecule has 1 rings (SSSR count). The summed E-state index contributed by atoms with van der Waals surface area (Å²) in [5.41, 5.74) is 3.31. The molecule has 0 saturated heterocycles. The Morgan fingerprint density at radius 1 is 1.35 bits per heavy atom. The number of halogens is 3. The Labute approximate surface area is 115 Å². The molecule has 4 nitrogen and oxygen atoms in total. The molecule has 1 amide bonds. The second kappa shape index (κ2) is 5.80. The van der Waals surface area contributed by atoms with Gasteiger partial charge in [-0.2, -0.15) is 13.2 Å². The number of anilines is 1. The van der Waals surface area contributed by atoms with Crippen LogP contribution in [0.5, 0.6) is 0 Å². The molecule has 1 aromatic rings. The summed E-state index contributed by atoms with van der Waals surface area (Å²) < 4.78 is 43.5. The molecule has 0 saturated carbocycles. The molecule has 112 valence electrons. The van der Waals surface area contributed by atoms with Gasteiger partial charge in [-0.05, 0) is 31.5 Å². The van der Waals surface area contributed by atoms with Crippen LogP contribution in [0.25, 0.3) is 0 Å². The van der Waals surface area contributed by atoms with E-state index >= 15 is 0 Å². The smallest absolute Gasteiger partial charge is 0.369 e. The van der Waals surface area contributed by atoms with Gasteiger partial charge in [-0.1, -0.05) is 6.07 Å². The van der Waals surface area contributed by atoms with Gasteiger partial charge in [0.25, 0.3) is 5.91 Å². The van der Waals surface area contributed by atoms with Gasteiger partial charge in [0.1, 0.15) is 5.60 Å². The zero-order valence-corrected chi connectivity index (χ0v) is 11.5. The lowest BCUT2D eigenvalue weighted by Gasteiger charge is -2.22. The summed E-state index contributed by atoms with van der Waals surface area (Å²) in [6, 6.07) is 3.49. The Morgan fingerprint density at radius 2 is 1.95 bits per heavy atom. The van der Waals surface area contributed by atoms with Gasteiger partial charge in [-0.15, -0.1) is 0 Å². The lowest BCUT2D eigenvalue weighted by atomic mass is 10.0. The number of rotatable bonds is 4. The number of methoxy groups -OCH3 is 1. The first-order chi connectivity index (χ1) is 9.11. The van der Waals surface area contributed by atoms with Gasteiger partial charge in [0.15, 0.2) is 0 Å². The monoisotopic (exact) mass is 290 g/mol. The molecule has 0 heterocycles.